The zero-order chi connectivity index (χ0) is 21.7. The molecule has 1 amide bonds. The van der Waals surface area contributed by atoms with E-state index >= 15 is 0 Å². The van der Waals surface area contributed by atoms with Crippen LogP contribution in [0.2, 0.25) is 0 Å². The van der Waals surface area contributed by atoms with Crippen LogP contribution < -0.4 is 5.32 Å². The molecular formula is C21H22F2N2O3S2. The van der Waals surface area contributed by atoms with E-state index in [4.69, 9.17) is 0 Å². The molecule has 0 aliphatic carbocycles. The van der Waals surface area contributed by atoms with Crippen molar-refractivity contribution in [2.45, 2.75) is 22.6 Å². The highest BCUT2D eigenvalue weighted by Gasteiger charge is 2.34. The zero-order valence-electron chi connectivity index (χ0n) is 16.2. The number of nitrogens with one attached hydrogen (secondary N) is 1. The van der Waals surface area contributed by atoms with Gasteiger partial charge in [0.1, 0.15) is 16.5 Å². The van der Waals surface area contributed by atoms with Crippen molar-refractivity contribution in [3.63, 3.8) is 0 Å². The summed E-state index contributed by atoms with van der Waals surface area (Å²) in [6.07, 6.45) is 2.37. The quantitative estimate of drug-likeness (QED) is 0.503. The molecule has 30 heavy (non-hydrogen) atoms. The van der Waals surface area contributed by atoms with Gasteiger partial charge in [-0.25, -0.2) is 17.2 Å². The number of rotatable bonds is 7. The highest BCUT2D eigenvalue weighted by atomic mass is 32.2. The Morgan fingerprint density at radius 2 is 1.90 bits per heavy atom. The minimum Gasteiger partial charge on any atom is -0.325 e. The summed E-state index contributed by atoms with van der Waals surface area (Å²) in [6, 6.07) is 9.79. The monoisotopic (exact) mass is 452 g/mol. The topological polar surface area (TPSA) is 66.5 Å². The van der Waals surface area contributed by atoms with E-state index in [0.29, 0.717) is 30.3 Å². The second-order valence-corrected chi connectivity index (χ2v) is 9.81. The summed E-state index contributed by atoms with van der Waals surface area (Å²) in [6.45, 7) is 3.81. The molecule has 0 unspecified atom stereocenters. The molecule has 0 saturated carbocycles. The fourth-order valence-corrected chi connectivity index (χ4v) is 5.54. The number of thioether (sulfide) groups is 1. The summed E-state index contributed by atoms with van der Waals surface area (Å²) in [7, 11) is -4.17. The number of anilines is 1. The summed E-state index contributed by atoms with van der Waals surface area (Å²) >= 11 is 1.55. The van der Waals surface area contributed by atoms with Gasteiger partial charge in [0, 0.05) is 29.7 Å². The minimum atomic E-state index is -4.17. The molecule has 1 fully saturated rings. The molecule has 0 bridgehead atoms. The first-order valence-electron chi connectivity index (χ1n) is 9.41. The van der Waals surface area contributed by atoms with Crippen molar-refractivity contribution in [1.82, 2.24) is 4.31 Å². The van der Waals surface area contributed by atoms with E-state index in [1.807, 2.05) is 24.3 Å². The van der Waals surface area contributed by atoms with Gasteiger partial charge in [-0.3, -0.25) is 4.79 Å². The van der Waals surface area contributed by atoms with Crippen LogP contribution >= 0.6 is 11.8 Å². The lowest BCUT2D eigenvalue weighted by Gasteiger charge is -2.30. The van der Waals surface area contributed by atoms with Crippen molar-refractivity contribution < 1.29 is 22.0 Å². The van der Waals surface area contributed by atoms with Gasteiger partial charge in [-0.2, -0.15) is 4.31 Å². The van der Waals surface area contributed by atoms with E-state index < -0.39 is 26.6 Å². The van der Waals surface area contributed by atoms with Gasteiger partial charge in [0.2, 0.25) is 15.9 Å². The third kappa shape index (κ3) is 5.08. The number of hydrogen-bond acceptors (Lipinski definition) is 4. The van der Waals surface area contributed by atoms with Crippen molar-refractivity contribution >= 4 is 33.4 Å². The highest BCUT2D eigenvalue weighted by molar-refractivity contribution is 7.99. The first-order chi connectivity index (χ1) is 14.3. The number of sulfonamides is 1. The van der Waals surface area contributed by atoms with Gasteiger partial charge in [0.15, 0.2) is 0 Å². The molecule has 0 radical (unpaired) electrons. The van der Waals surface area contributed by atoms with Crippen LogP contribution in [0, 0.1) is 17.6 Å². The summed E-state index contributed by atoms with van der Waals surface area (Å²) < 4.78 is 53.8. The molecule has 1 N–H and O–H groups in total. The summed E-state index contributed by atoms with van der Waals surface area (Å²) in [5, 5.41) is 2.92. The normalized spacial score (nSPS) is 15.7. The Morgan fingerprint density at radius 1 is 1.20 bits per heavy atom. The zero-order valence-corrected chi connectivity index (χ0v) is 17.8. The molecule has 0 atom stereocenters. The molecular weight excluding hydrogens is 430 g/mol. The molecule has 0 aromatic heterocycles. The van der Waals surface area contributed by atoms with Gasteiger partial charge in [-0.15, -0.1) is 18.3 Å². The van der Waals surface area contributed by atoms with Crippen LogP contribution in [0.1, 0.15) is 12.8 Å². The van der Waals surface area contributed by atoms with Gasteiger partial charge in [-0.05, 0) is 43.2 Å². The molecule has 1 heterocycles. The smallest absolute Gasteiger partial charge is 0.246 e. The van der Waals surface area contributed by atoms with E-state index in [0.717, 1.165) is 21.3 Å². The predicted molar refractivity (Wildman–Crippen MR) is 114 cm³/mol. The van der Waals surface area contributed by atoms with Crippen molar-refractivity contribution in [3.8, 4) is 0 Å². The Morgan fingerprint density at radius 3 is 2.60 bits per heavy atom. The van der Waals surface area contributed by atoms with Crippen LogP contribution in [0.4, 0.5) is 14.5 Å². The molecule has 5 nitrogen and oxygen atoms in total. The minimum absolute atomic E-state index is 0.0588. The van der Waals surface area contributed by atoms with Gasteiger partial charge in [-0.1, -0.05) is 18.2 Å². The Kier molecular flexibility index (Phi) is 7.27. The van der Waals surface area contributed by atoms with Gasteiger partial charge >= 0.3 is 0 Å². The fourth-order valence-electron chi connectivity index (χ4n) is 3.25. The first-order valence-corrected chi connectivity index (χ1v) is 11.8. The predicted octanol–water partition coefficient (Wildman–Crippen LogP) is 4.28. The third-order valence-electron chi connectivity index (χ3n) is 4.84. The lowest BCUT2D eigenvalue weighted by Crippen LogP contribution is -2.41. The number of amides is 1. The maximum atomic E-state index is 13.9. The van der Waals surface area contributed by atoms with Crippen molar-refractivity contribution in [2.75, 3.05) is 24.2 Å². The molecule has 0 spiro atoms. The molecule has 3 rings (SSSR count). The Hall–Kier alpha value is -2.23. The second kappa shape index (κ2) is 9.72. The number of piperidine rings is 1. The Bertz CT molecular complexity index is 1040. The fraction of sp³-hybridized carbons (Fsp3) is 0.286. The number of halogens is 2. The van der Waals surface area contributed by atoms with Crippen LogP contribution in [0.5, 0.6) is 0 Å². The van der Waals surface area contributed by atoms with Gasteiger partial charge in [0.05, 0.1) is 5.69 Å². The van der Waals surface area contributed by atoms with Crippen LogP contribution in [-0.4, -0.2) is 37.5 Å². The number of benzene rings is 2. The number of nitrogens with zero attached hydrogens (tertiary/aromatic N) is 1. The van der Waals surface area contributed by atoms with Crippen molar-refractivity contribution in [1.29, 1.82) is 0 Å². The van der Waals surface area contributed by atoms with E-state index in [1.54, 1.807) is 17.8 Å². The maximum absolute atomic E-state index is 13.9. The summed E-state index contributed by atoms with van der Waals surface area (Å²) in [5.41, 5.74) is 0.700. The summed E-state index contributed by atoms with van der Waals surface area (Å²) in [4.78, 5) is 12.9. The molecule has 1 aliphatic rings. The number of para-hydroxylation sites is 1. The van der Waals surface area contributed by atoms with Crippen LogP contribution in [-0.2, 0) is 14.8 Å². The number of hydrogen-bond donors (Lipinski definition) is 1. The second-order valence-electron chi connectivity index (χ2n) is 6.84. The van der Waals surface area contributed by atoms with Crippen molar-refractivity contribution in [3.05, 3.63) is 66.8 Å². The molecule has 9 heteroatoms. The van der Waals surface area contributed by atoms with E-state index in [9.17, 15) is 22.0 Å². The number of carbonyl (C=O) groups excluding carboxylic acids is 1. The third-order valence-corrected chi connectivity index (χ3v) is 7.82. The largest absolute Gasteiger partial charge is 0.325 e. The van der Waals surface area contributed by atoms with Crippen LogP contribution in [0.15, 0.2) is 64.9 Å². The highest BCUT2D eigenvalue weighted by Crippen LogP contribution is 2.30. The SMILES string of the molecule is C=CCSc1ccccc1NC(=O)C1CCN(S(=O)(=O)c2cc(F)ccc2F)CC1. The van der Waals surface area contributed by atoms with Gasteiger partial charge < -0.3 is 5.32 Å². The van der Waals surface area contributed by atoms with Crippen LogP contribution in [0.25, 0.3) is 0 Å². The lowest BCUT2D eigenvalue weighted by molar-refractivity contribution is -0.120. The molecule has 2 aromatic rings. The van der Waals surface area contributed by atoms with Gasteiger partial charge in [0.25, 0.3) is 0 Å². The molecule has 160 valence electrons. The average molecular weight is 453 g/mol. The maximum Gasteiger partial charge on any atom is 0.246 e. The average Bonchev–Trinajstić information content (AvgIpc) is 2.74. The van der Waals surface area contributed by atoms with Crippen LogP contribution in [0.3, 0.4) is 0 Å². The Balaban J connectivity index is 1.65. The van der Waals surface area contributed by atoms with Crippen molar-refractivity contribution in [2.24, 2.45) is 5.92 Å². The molecule has 1 saturated heterocycles. The Labute approximate surface area is 179 Å². The standard InChI is InChI=1S/C21H22F2N2O3S2/c1-2-13-29-19-6-4-3-5-18(19)24-21(26)15-9-11-25(12-10-15)30(27,28)20-14-16(22)7-8-17(20)23/h2-8,14-15H,1,9-13H2,(H,24,26). The lowest BCUT2D eigenvalue weighted by atomic mass is 9.97. The van der Waals surface area contributed by atoms with E-state index in [-0.39, 0.29) is 24.9 Å². The number of carbonyl (C=O) groups is 1. The summed E-state index contributed by atoms with van der Waals surface area (Å²) in [5.74, 6) is -1.66. The van der Waals surface area contributed by atoms with E-state index in [2.05, 4.69) is 11.9 Å². The van der Waals surface area contributed by atoms with E-state index in [1.165, 1.54) is 0 Å². The molecule has 1 aliphatic heterocycles. The first kappa shape index (κ1) is 22.5. The molecule has 2 aromatic carbocycles.